The summed E-state index contributed by atoms with van der Waals surface area (Å²) in [6.45, 7) is 0.528. The van der Waals surface area contributed by atoms with Crippen molar-refractivity contribution in [2.24, 2.45) is 21.6 Å². The van der Waals surface area contributed by atoms with Gasteiger partial charge in [-0.25, -0.2) is 0 Å². The van der Waals surface area contributed by atoms with Gasteiger partial charge >= 0.3 is 0 Å². The molecule has 4 heteroatoms. The molecule has 3 aromatic carbocycles. The zero-order chi connectivity index (χ0) is 22.9. The van der Waals surface area contributed by atoms with Gasteiger partial charge in [-0.2, -0.15) is 0 Å². The Labute approximate surface area is 198 Å². The Hall–Kier alpha value is -4.15. The summed E-state index contributed by atoms with van der Waals surface area (Å²) in [5, 5.41) is 2.31. The van der Waals surface area contributed by atoms with Gasteiger partial charge < -0.3 is 5.73 Å². The van der Waals surface area contributed by atoms with Gasteiger partial charge in [0.2, 0.25) is 0 Å². The largest absolute Gasteiger partial charge is 0.326 e. The van der Waals surface area contributed by atoms with Crippen molar-refractivity contribution in [2.45, 2.75) is 12.6 Å². The van der Waals surface area contributed by atoms with Crippen molar-refractivity contribution in [3.8, 4) is 0 Å². The number of dihydropyridines is 2. The zero-order valence-electron chi connectivity index (χ0n) is 18.7. The first-order valence-electron chi connectivity index (χ1n) is 11.5. The molecule has 0 radical (unpaired) electrons. The molecule has 0 saturated heterocycles. The van der Waals surface area contributed by atoms with Gasteiger partial charge in [0.25, 0.3) is 0 Å². The average Bonchev–Trinajstić information content (AvgIpc) is 2.92. The molecule has 4 aromatic rings. The summed E-state index contributed by atoms with van der Waals surface area (Å²) in [5.74, 6) is 0.0473. The van der Waals surface area contributed by atoms with Crippen molar-refractivity contribution >= 4 is 28.3 Å². The first-order chi connectivity index (χ1) is 16.8. The third-order valence-corrected chi connectivity index (χ3v) is 6.60. The number of aliphatic imine (C=N–C) groups is 2. The Morgan fingerprint density at radius 1 is 0.824 bits per heavy atom. The number of pyridine rings is 1. The number of aromatic nitrogens is 1. The van der Waals surface area contributed by atoms with Crippen LogP contribution >= 0.6 is 0 Å². The van der Waals surface area contributed by atoms with Crippen LogP contribution in [0.1, 0.15) is 28.3 Å². The normalized spacial score (nSPS) is 19.3. The predicted molar refractivity (Wildman–Crippen MR) is 140 cm³/mol. The second-order valence-corrected chi connectivity index (χ2v) is 8.61. The number of benzene rings is 3. The highest BCUT2D eigenvalue weighted by atomic mass is 14.9. The fraction of sp³-hybridized carbons (Fsp3) is 0.100. The van der Waals surface area contributed by atoms with Gasteiger partial charge in [0, 0.05) is 47.6 Å². The summed E-state index contributed by atoms with van der Waals surface area (Å²) >= 11 is 0. The second-order valence-electron chi connectivity index (χ2n) is 8.61. The van der Waals surface area contributed by atoms with Gasteiger partial charge in [0.15, 0.2) is 0 Å². The Kier molecular flexibility index (Phi) is 5.21. The van der Waals surface area contributed by atoms with Crippen molar-refractivity contribution in [1.82, 2.24) is 4.98 Å². The number of nitrogens with zero attached hydrogens (tertiary/aromatic N) is 3. The molecule has 2 N–H and O–H groups in total. The van der Waals surface area contributed by atoms with E-state index in [2.05, 4.69) is 83.9 Å². The third-order valence-electron chi connectivity index (χ3n) is 6.60. The molecule has 0 bridgehead atoms. The summed E-state index contributed by atoms with van der Waals surface area (Å²) in [6, 6.07) is 27.3. The minimum atomic E-state index is -0.0465. The Morgan fingerprint density at radius 2 is 1.68 bits per heavy atom. The van der Waals surface area contributed by atoms with Gasteiger partial charge in [0.05, 0.1) is 17.5 Å². The van der Waals surface area contributed by atoms with Gasteiger partial charge in [-0.15, -0.1) is 0 Å². The minimum Gasteiger partial charge on any atom is -0.326 e. The Balaban J connectivity index is 1.50. The molecule has 0 fully saturated rings. The molecule has 2 atom stereocenters. The van der Waals surface area contributed by atoms with E-state index in [1.54, 1.807) is 0 Å². The van der Waals surface area contributed by atoms with Crippen LogP contribution in [0.3, 0.4) is 0 Å². The van der Waals surface area contributed by atoms with Gasteiger partial charge in [0.1, 0.15) is 0 Å². The summed E-state index contributed by atoms with van der Waals surface area (Å²) in [4.78, 5) is 14.4. The molecule has 2 unspecified atom stereocenters. The van der Waals surface area contributed by atoms with Crippen LogP contribution < -0.4 is 5.73 Å². The summed E-state index contributed by atoms with van der Waals surface area (Å²) < 4.78 is 0. The molecular weight excluding hydrogens is 416 g/mol. The molecule has 3 heterocycles. The van der Waals surface area contributed by atoms with Crippen LogP contribution in [0.5, 0.6) is 0 Å². The highest BCUT2D eigenvalue weighted by molar-refractivity contribution is 6.32. The Morgan fingerprint density at radius 3 is 2.50 bits per heavy atom. The molecule has 0 saturated carbocycles. The summed E-state index contributed by atoms with van der Waals surface area (Å²) in [5.41, 5.74) is 13.5. The van der Waals surface area contributed by atoms with E-state index >= 15 is 0 Å². The topological polar surface area (TPSA) is 63.6 Å². The van der Waals surface area contributed by atoms with Crippen LogP contribution in [0, 0.1) is 5.92 Å². The highest BCUT2D eigenvalue weighted by Gasteiger charge is 2.32. The van der Waals surface area contributed by atoms with Crippen LogP contribution in [0.4, 0.5) is 0 Å². The van der Waals surface area contributed by atoms with Crippen molar-refractivity contribution in [2.75, 3.05) is 0 Å². The maximum Gasteiger partial charge on any atom is 0.0873 e. The molecule has 2 aliphatic rings. The van der Waals surface area contributed by atoms with E-state index in [9.17, 15) is 0 Å². The Bertz CT molecular complexity index is 1470. The van der Waals surface area contributed by atoms with Crippen molar-refractivity contribution in [3.05, 3.63) is 131 Å². The molecule has 6 rings (SSSR count). The third kappa shape index (κ3) is 3.58. The summed E-state index contributed by atoms with van der Waals surface area (Å²) in [7, 11) is 0. The van der Waals surface area contributed by atoms with Gasteiger partial charge in [-0.3, -0.25) is 15.0 Å². The van der Waals surface area contributed by atoms with E-state index < -0.39 is 0 Å². The number of allylic oxidation sites excluding steroid dienone is 2. The lowest BCUT2D eigenvalue weighted by atomic mass is 9.81. The van der Waals surface area contributed by atoms with Crippen molar-refractivity contribution in [3.63, 3.8) is 0 Å². The molecular formula is C30H24N4. The van der Waals surface area contributed by atoms with Crippen LogP contribution in [-0.4, -0.2) is 16.9 Å². The molecule has 0 spiro atoms. The molecule has 0 aliphatic carbocycles. The number of hydrogen-bond acceptors (Lipinski definition) is 4. The summed E-state index contributed by atoms with van der Waals surface area (Å²) in [6.07, 6.45) is 10.1. The smallest absolute Gasteiger partial charge is 0.0873 e. The monoisotopic (exact) mass is 440 g/mol. The first kappa shape index (κ1) is 20.5. The van der Waals surface area contributed by atoms with E-state index in [-0.39, 0.29) is 12.0 Å². The maximum absolute atomic E-state index is 5.82. The van der Waals surface area contributed by atoms with E-state index in [4.69, 9.17) is 15.7 Å². The molecule has 164 valence electrons. The van der Waals surface area contributed by atoms with E-state index in [1.165, 1.54) is 10.9 Å². The number of hydrogen-bond donors (Lipinski definition) is 1. The van der Waals surface area contributed by atoms with Gasteiger partial charge in [-0.1, -0.05) is 78.9 Å². The number of fused-ring (bicyclic) bond motifs is 2. The minimum absolute atomic E-state index is 0.0465. The molecule has 0 amide bonds. The lowest BCUT2D eigenvalue weighted by Gasteiger charge is -2.31. The predicted octanol–water partition coefficient (Wildman–Crippen LogP) is 5.91. The van der Waals surface area contributed by atoms with E-state index in [1.807, 2.05) is 30.8 Å². The SMILES string of the molecule is NCc1ccc(C2=NC3=CC=NC(c4cccc5cnccc45)C3C=C2c2ccccc2)cc1. The van der Waals surface area contributed by atoms with E-state index in [0.29, 0.717) is 6.54 Å². The lowest BCUT2D eigenvalue weighted by Crippen LogP contribution is -2.22. The second kappa shape index (κ2) is 8.65. The molecule has 4 nitrogen and oxygen atoms in total. The lowest BCUT2D eigenvalue weighted by molar-refractivity contribution is 0.586. The number of nitrogens with two attached hydrogens (primary N) is 1. The van der Waals surface area contributed by atoms with Crippen LogP contribution in [-0.2, 0) is 6.54 Å². The molecule has 2 aliphatic heterocycles. The van der Waals surface area contributed by atoms with Crippen LogP contribution in [0.15, 0.2) is 119 Å². The molecule has 34 heavy (non-hydrogen) atoms. The molecule has 1 aromatic heterocycles. The highest BCUT2D eigenvalue weighted by Crippen LogP contribution is 2.43. The zero-order valence-corrected chi connectivity index (χ0v) is 18.7. The number of rotatable bonds is 4. The quantitative estimate of drug-likeness (QED) is 0.429. The van der Waals surface area contributed by atoms with Crippen LogP contribution in [0.25, 0.3) is 16.3 Å². The van der Waals surface area contributed by atoms with Gasteiger partial charge in [-0.05, 0) is 34.2 Å². The average molecular weight is 441 g/mol. The van der Waals surface area contributed by atoms with Crippen molar-refractivity contribution < 1.29 is 0 Å². The fourth-order valence-corrected chi connectivity index (χ4v) is 4.86. The fourth-order valence-electron chi connectivity index (χ4n) is 4.86. The van der Waals surface area contributed by atoms with Crippen molar-refractivity contribution in [1.29, 1.82) is 0 Å². The first-order valence-corrected chi connectivity index (χ1v) is 11.5. The standard InChI is InChI=1S/C30H24N4/c31-18-20-9-11-22(12-10-20)29-26(21-5-2-1-3-6-21)17-27-28(34-29)14-16-33-30(27)25-8-4-7-23-19-32-15-13-24(23)25/h1-17,19,27,30H,18,31H2. The van der Waals surface area contributed by atoms with E-state index in [0.717, 1.165) is 39.1 Å². The van der Waals surface area contributed by atoms with Crippen LogP contribution in [0.2, 0.25) is 0 Å². The maximum atomic E-state index is 5.82.